The van der Waals surface area contributed by atoms with Crippen LogP contribution in [0.2, 0.25) is 0 Å². The summed E-state index contributed by atoms with van der Waals surface area (Å²) in [5.41, 5.74) is 6.08. The zero-order valence-corrected chi connectivity index (χ0v) is 23.3. The summed E-state index contributed by atoms with van der Waals surface area (Å²) in [5.74, 6) is 0.685. The number of carbonyl (C=O) groups is 2. The first-order chi connectivity index (χ1) is 18.9. The number of aryl methyl sites for hydroxylation is 2. The molecule has 8 heteroatoms. The summed E-state index contributed by atoms with van der Waals surface area (Å²) in [5, 5.41) is 9.25. The van der Waals surface area contributed by atoms with E-state index in [1.165, 1.54) is 23.3 Å². The van der Waals surface area contributed by atoms with Gasteiger partial charge in [-0.15, -0.1) is 11.3 Å². The van der Waals surface area contributed by atoms with Crippen molar-refractivity contribution in [2.24, 2.45) is 5.92 Å². The molecule has 0 bridgehead atoms. The Morgan fingerprint density at radius 3 is 2.56 bits per heavy atom. The predicted molar refractivity (Wildman–Crippen MR) is 158 cm³/mol. The molecular weight excluding hydrogens is 506 g/mol. The molecule has 0 saturated carbocycles. The molecule has 200 valence electrons. The Kier molecular flexibility index (Phi) is 8.02. The van der Waals surface area contributed by atoms with Gasteiger partial charge in [0.25, 0.3) is 11.8 Å². The van der Waals surface area contributed by atoms with Crippen molar-refractivity contribution in [2.75, 3.05) is 17.2 Å². The summed E-state index contributed by atoms with van der Waals surface area (Å²) in [6, 6.07) is 17.0. The molecule has 5 rings (SSSR count). The lowest BCUT2D eigenvalue weighted by molar-refractivity contribution is 0.0948. The topological polar surface area (TPSA) is 96.0 Å². The maximum atomic E-state index is 13.1. The second-order valence-electron chi connectivity index (χ2n) is 10.3. The maximum Gasteiger partial charge on any atom is 0.265 e. The monoisotopic (exact) mass is 539 g/mol. The minimum Gasteiger partial charge on any atom is -0.352 e. The number of nitrogens with one attached hydrogen (secondary N) is 3. The normalized spacial score (nSPS) is 12.6. The Balaban J connectivity index is 1.29. The zero-order valence-electron chi connectivity index (χ0n) is 22.5. The summed E-state index contributed by atoms with van der Waals surface area (Å²) >= 11 is 1.61. The van der Waals surface area contributed by atoms with Crippen LogP contribution in [0.15, 0.2) is 60.8 Å². The Bertz CT molecular complexity index is 1470. The van der Waals surface area contributed by atoms with Gasteiger partial charge in [0.1, 0.15) is 0 Å². The van der Waals surface area contributed by atoms with E-state index in [9.17, 15) is 9.59 Å². The van der Waals surface area contributed by atoms with Crippen molar-refractivity contribution in [1.82, 2.24) is 15.3 Å². The minimum absolute atomic E-state index is 0.0685. The van der Waals surface area contributed by atoms with Crippen LogP contribution in [0.4, 0.5) is 17.3 Å². The smallest absolute Gasteiger partial charge is 0.265 e. The third kappa shape index (κ3) is 6.34. The highest BCUT2D eigenvalue weighted by atomic mass is 32.1. The third-order valence-corrected chi connectivity index (χ3v) is 8.04. The summed E-state index contributed by atoms with van der Waals surface area (Å²) in [6.45, 7) is 6.75. The van der Waals surface area contributed by atoms with E-state index in [-0.39, 0.29) is 11.8 Å². The number of aromatic nitrogens is 2. The first-order valence-electron chi connectivity index (χ1n) is 13.4. The molecule has 0 aliphatic heterocycles. The van der Waals surface area contributed by atoms with E-state index in [4.69, 9.17) is 4.98 Å². The number of benzene rings is 2. The molecule has 2 aromatic heterocycles. The summed E-state index contributed by atoms with van der Waals surface area (Å²) in [4.78, 5) is 36.6. The highest BCUT2D eigenvalue weighted by Gasteiger charge is 2.18. The first-order valence-corrected chi connectivity index (χ1v) is 14.2. The Morgan fingerprint density at radius 1 is 1.00 bits per heavy atom. The standard InChI is InChI=1S/C31H33N5O2S/c1-19(2)18-33-29(37)21-11-13-23(14-12-21)34-31-32-16-15-26(36-31)24-8-6-9-25(20(24)3)35-30(38)28-17-22-7-4-5-10-27(22)39-28/h6,8-9,11-17,19H,4-5,7,10,18H2,1-3H3,(H,33,37)(H,35,38)(H,32,34,36). The molecule has 0 unspecified atom stereocenters. The van der Waals surface area contributed by atoms with E-state index in [1.807, 2.05) is 43.3 Å². The van der Waals surface area contributed by atoms with Gasteiger partial charge in [-0.05, 0) is 92.1 Å². The number of thiophene rings is 1. The average molecular weight is 540 g/mol. The van der Waals surface area contributed by atoms with Gasteiger partial charge < -0.3 is 16.0 Å². The molecule has 0 radical (unpaired) electrons. The number of amides is 2. The van der Waals surface area contributed by atoms with Crippen LogP contribution in [0, 0.1) is 12.8 Å². The van der Waals surface area contributed by atoms with Crippen LogP contribution in [0.25, 0.3) is 11.3 Å². The number of anilines is 3. The van der Waals surface area contributed by atoms with E-state index in [0.717, 1.165) is 45.9 Å². The number of carbonyl (C=O) groups excluding carboxylic acids is 2. The maximum absolute atomic E-state index is 13.1. The van der Waals surface area contributed by atoms with E-state index < -0.39 is 0 Å². The fraction of sp³-hybridized carbons (Fsp3) is 0.290. The molecule has 1 aliphatic rings. The van der Waals surface area contributed by atoms with Crippen LogP contribution in [-0.4, -0.2) is 28.3 Å². The lowest BCUT2D eigenvalue weighted by Crippen LogP contribution is -2.27. The largest absolute Gasteiger partial charge is 0.352 e. The molecule has 2 amide bonds. The van der Waals surface area contributed by atoms with E-state index in [0.29, 0.717) is 24.0 Å². The van der Waals surface area contributed by atoms with Gasteiger partial charge in [-0.1, -0.05) is 26.0 Å². The fourth-order valence-corrected chi connectivity index (χ4v) is 5.79. The number of nitrogens with zero attached hydrogens (tertiary/aromatic N) is 2. The summed E-state index contributed by atoms with van der Waals surface area (Å²) < 4.78 is 0. The summed E-state index contributed by atoms with van der Waals surface area (Å²) in [7, 11) is 0. The molecule has 39 heavy (non-hydrogen) atoms. The molecule has 0 atom stereocenters. The van der Waals surface area contributed by atoms with Crippen LogP contribution in [0.3, 0.4) is 0 Å². The Morgan fingerprint density at radius 2 is 1.79 bits per heavy atom. The highest BCUT2D eigenvalue weighted by molar-refractivity contribution is 7.14. The number of fused-ring (bicyclic) bond motifs is 1. The van der Waals surface area contributed by atoms with Gasteiger partial charge in [0.05, 0.1) is 10.6 Å². The zero-order chi connectivity index (χ0) is 27.4. The van der Waals surface area contributed by atoms with Gasteiger partial charge in [0, 0.05) is 40.1 Å². The molecule has 2 heterocycles. The van der Waals surface area contributed by atoms with Crippen molar-refractivity contribution in [3.05, 3.63) is 87.2 Å². The van der Waals surface area contributed by atoms with Crippen molar-refractivity contribution in [2.45, 2.75) is 46.5 Å². The highest BCUT2D eigenvalue weighted by Crippen LogP contribution is 2.32. The molecule has 4 aromatic rings. The summed E-state index contributed by atoms with van der Waals surface area (Å²) in [6.07, 6.45) is 6.24. The lowest BCUT2D eigenvalue weighted by Gasteiger charge is -2.13. The van der Waals surface area contributed by atoms with Gasteiger partial charge in [-0.25, -0.2) is 9.97 Å². The van der Waals surface area contributed by atoms with Crippen molar-refractivity contribution in [3.63, 3.8) is 0 Å². The van der Waals surface area contributed by atoms with E-state index in [1.54, 1.807) is 29.7 Å². The van der Waals surface area contributed by atoms with Crippen LogP contribution >= 0.6 is 11.3 Å². The van der Waals surface area contributed by atoms with Gasteiger partial charge in [-0.3, -0.25) is 9.59 Å². The SMILES string of the molecule is Cc1c(NC(=O)c2cc3c(s2)CCCC3)cccc1-c1ccnc(Nc2ccc(C(=O)NCC(C)C)cc2)n1. The van der Waals surface area contributed by atoms with Crippen LogP contribution in [0.1, 0.15) is 62.7 Å². The molecule has 0 spiro atoms. The van der Waals surface area contributed by atoms with Gasteiger partial charge in [-0.2, -0.15) is 0 Å². The Labute approximate surface area is 233 Å². The lowest BCUT2D eigenvalue weighted by atomic mass is 9.99. The van der Waals surface area contributed by atoms with Crippen molar-refractivity contribution < 1.29 is 9.59 Å². The third-order valence-electron chi connectivity index (χ3n) is 6.81. The first kappa shape index (κ1) is 26.6. The second-order valence-corrected chi connectivity index (χ2v) is 11.4. The molecule has 0 fully saturated rings. The second kappa shape index (κ2) is 11.8. The number of hydrogen-bond acceptors (Lipinski definition) is 6. The predicted octanol–water partition coefficient (Wildman–Crippen LogP) is 6.77. The quantitative estimate of drug-likeness (QED) is 0.230. The van der Waals surface area contributed by atoms with Gasteiger partial charge in [0.15, 0.2) is 0 Å². The molecule has 7 nitrogen and oxygen atoms in total. The van der Waals surface area contributed by atoms with Crippen LogP contribution in [0.5, 0.6) is 0 Å². The average Bonchev–Trinajstić information content (AvgIpc) is 3.38. The van der Waals surface area contributed by atoms with Crippen LogP contribution in [-0.2, 0) is 12.8 Å². The number of hydrogen-bond donors (Lipinski definition) is 3. The van der Waals surface area contributed by atoms with E-state index in [2.05, 4.69) is 40.8 Å². The fourth-order valence-electron chi connectivity index (χ4n) is 4.64. The molecule has 0 saturated heterocycles. The molecule has 2 aromatic carbocycles. The van der Waals surface area contributed by atoms with Crippen molar-refractivity contribution >= 4 is 40.5 Å². The Hall–Kier alpha value is -4.04. The van der Waals surface area contributed by atoms with E-state index >= 15 is 0 Å². The van der Waals surface area contributed by atoms with Gasteiger partial charge in [0.2, 0.25) is 5.95 Å². The van der Waals surface area contributed by atoms with Crippen molar-refractivity contribution in [1.29, 1.82) is 0 Å². The minimum atomic E-state index is -0.0883. The molecule has 3 N–H and O–H groups in total. The number of rotatable bonds is 8. The van der Waals surface area contributed by atoms with Crippen LogP contribution < -0.4 is 16.0 Å². The molecule has 1 aliphatic carbocycles. The van der Waals surface area contributed by atoms with Gasteiger partial charge >= 0.3 is 0 Å². The van der Waals surface area contributed by atoms with Crippen molar-refractivity contribution in [3.8, 4) is 11.3 Å². The molecular formula is C31H33N5O2S.